The van der Waals surface area contributed by atoms with Crippen molar-refractivity contribution in [2.24, 2.45) is 0 Å². The summed E-state index contributed by atoms with van der Waals surface area (Å²) < 4.78 is 0. The van der Waals surface area contributed by atoms with Crippen molar-refractivity contribution in [1.82, 2.24) is 0 Å². The number of rotatable bonds is 6. The molecule has 2 rings (SSSR count). The van der Waals surface area contributed by atoms with Gasteiger partial charge < -0.3 is 0 Å². The third kappa shape index (κ3) is 3.74. The van der Waals surface area contributed by atoms with Gasteiger partial charge in [0.25, 0.3) is 0 Å². The maximum Gasteiger partial charge on any atom is 0.0366 e. The Morgan fingerprint density at radius 2 is 1.85 bits per heavy atom. The smallest absolute Gasteiger partial charge is 0.0366 e. The first kappa shape index (κ1) is 14.9. The standard InChI is InChI=1S/C19H21Cl/c1-3-4-5-10-17(15(2)20)14-18-12-8-11-16-9-6-7-13-19(16)18/h6-9,11-14H,2-5,10H2,1H3/b17-14-. The van der Waals surface area contributed by atoms with Crippen molar-refractivity contribution < 1.29 is 0 Å². The van der Waals surface area contributed by atoms with Crippen LogP contribution in [0.3, 0.4) is 0 Å². The Bertz CT molecular complexity index is 617. The topological polar surface area (TPSA) is 0 Å². The Morgan fingerprint density at radius 3 is 2.60 bits per heavy atom. The van der Waals surface area contributed by atoms with Crippen LogP contribution >= 0.6 is 11.6 Å². The second-order valence-electron chi connectivity index (χ2n) is 5.10. The van der Waals surface area contributed by atoms with E-state index in [4.69, 9.17) is 11.6 Å². The van der Waals surface area contributed by atoms with E-state index in [1.807, 2.05) is 0 Å². The highest BCUT2D eigenvalue weighted by Crippen LogP contribution is 2.26. The fourth-order valence-corrected chi connectivity index (χ4v) is 2.56. The van der Waals surface area contributed by atoms with Gasteiger partial charge in [0.1, 0.15) is 0 Å². The number of unbranched alkanes of at least 4 members (excludes halogenated alkanes) is 2. The summed E-state index contributed by atoms with van der Waals surface area (Å²) in [5.41, 5.74) is 2.37. The van der Waals surface area contributed by atoms with Gasteiger partial charge in [-0.2, -0.15) is 0 Å². The third-order valence-electron chi connectivity index (χ3n) is 3.55. The SMILES string of the molecule is C=C(Cl)/C(=C\c1cccc2ccccc12)CCCCC. The summed E-state index contributed by atoms with van der Waals surface area (Å²) in [6.07, 6.45) is 6.80. The molecule has 0 nitrogen and oxygen atoms in total. The molecule has 2 aromatic carbocycles. The molecule has 1 heteroatoms. The number of halogens is 1. The second kappa shape index (κ2) is 7.31. The molecule has 0 N–H and O–H groups in total. The molecule has 0 atom stereocenters. The number of hydrogen-bond donors (Lipinski definition) is 0. The molecule has 0 amide bonds. The van der Waals surface area contributed by atoms with E-state index in [9.17, 15) is 0 Å². The summed E-state index contributed by atoms with van der Waals surface area (Å²) in [5, 5.41) is 3.18. The molecule has 0 unspecified atom stereocenters. The number of fused-ring (bicyclic) bond motifs is 1. The minimum absolute atomic E-state index is 0.661. The molecule has 0 heterocycles. The third-order valence-corrected chi connectivity index (χ3v) is 3.79. The zero-order valence-corrected chi connectivity index (χ0v) is 12.8. The average molecular weight is 285 g/mol. The first-order valence-electron chi connectivity index (χ1n) is 7.25. The summed E-state index contributed by atoms with van der Waals surface area (Å²) in [7, 11) is 0. The molecule has 0 radical (unpaired) electrons. The number of hydrogen-bond acceptors (Lipinski definition) is 0. The summed E-state index contributed by atoms with van der Waals surface area (Å²) in [4.78, 5) is 0. The molecule has 0 spiro atoms. The largest absolute Gasteiger partial charge is 0.0847 e. The van der Waals surface area contributed by atoms with Crippen LogP contribution in [0.25, 0.3) is 16.8 Å². The van der Waals surface area contributed by atoms with Crippen molar-refractivity contribution in [3.05, 3.63) is 65.2 Å². The van der Waals surface area contributed by atoms with Crippen LogP contribution in [0.4, 0.5) is 0 Å². The molecule has 0 aliphatic carbocycles. The van der Waals surface area contributed by atoms with E-state index >= 15 is 0 Å². The molecule has 0 fully saturated rings. The predicted molar refractivity (Wildman–Crippen MR) is 91.1 cm³/mol. The van der Waals surface area contributed by atoms with E-state index < -0.39 is 0 Å². The Morgan fingerprint density at radius 1 is 1.10 bits per heavy atom. The Labute approximate surface area is 126 Å². The molecular formula is C19H21Cl. The van der Waals surface area contributed by atoms with Crippen LogP contribution in [0.2, 0.25) is 0 Å². The van der Waals surface area contributed by atoms with Gasteiger partial charge in [-0.1, -0.05) is 80.4 Å². The second-order valence-corrected chi connectivity index (χ2v) is 5.56. The van der Waals surface area contributed by atoms with E-state index in [-0.39, 0.29) is 0 Å². The molecule has 104 valence electrons. The van der Waals surface area contributed by atoms with Gasteiger partial charge in [-0.25, -0.2) is 0 Å². The van der Waals surface area contributed by atoms with Crippen LogP contribution in [0.15, 0.2) is 59.6 Å². The minimum Gasteiger partial charge on any atom is -0.0847 e. The van der Waals surface area contributed by atoms with Crippen LogP contribution in [0.5, 0.6) is 0 Å². The lowest BCUT2D eigenvalue weighted by atomic mass is 10.00. The van der Waals surface area contributed by atoms with Gasteiger partial charge in [0.15, 0.2) is 0 Å². The highest BCUT2D eigenvalue weighted by atomic mass is 35.5. The normalized spacial score (nSPS) is 11.8. The zero-order valence-electron chi connectivity index (χ0n) is 12.0. The fourth-order valence-electron chi connectivity index (χ4n) is 2.42. The van der Waals surface area contributed by atoms with Crippen LogP contribution in [0, 0.1) is 0 Å². The number of benzene rings is 2. The summed E-state index contributed by atoms with van der Waals surface area (Å²) in [6, 6.07) is 14.8. The molecule has 0 aliphatic rings. The van der Waals surface area contributed by atoms with Crippen LogP contribution in [0.1, 0.15) is 38.2 Å². The van der Waals surface area contributed by atoms with Crippen LogP contribution in [-0.4, -0.2) is 0 Å². The van der Waals surface area contributed by atoms with Gasteiger partial charge in [-0.15, -0.1) is 0 Å². The van der Waals surface area contributed by atoms with Crippen molar-refractivity contribution in [1.29, 1.82) is 0 Å². The monoisotopic (exact) mass is 284 g/mol. The van der Waals surface area contributed by atoms with Crippen molar-refractivity contribution in [2.75, 3.05) is 0 Å². The average Bonchev–Trinajstić information content (AvgIpc) is 2.46. The molecule has 0 aromatic heterocycles. The maximum absolute atomic E-state index is 6.16. The van der Waals surface area contributed by atoms with Gasteiger partial charge in [0, 0.05) is 5.03 Å². The van der Waals surface area contributed by atoms with E-state index in [1.54, 1.807) is 0 Å². The van der Waals surface area contributed by atoms with Gasteiger partial charge in [-0.05, 0) is 40.8 Å². The van der Waals surface area contributed by atoms with E-state index in [1.165, 1.54) is 35.6 Å². The minimum atomic E-state index is 0.661. The molecule has 0 bridgehead atoms. The van der Waals surface area contributed by atoms with Crippen molar-refractivity contribution in [2.45, 2.75) is 32.6 Å². The lowest BCUT2D eigenvalue weighted by molar-refractivity contribution is 0.720. The van der Waals surface area contributed by atoms with E-state index in [0.29, 0.717) is 5.03 Å². The van der Waals surface area contributed by atoms with Crippen LogP contribution in [-0.2, 0) is 0 Å². The first-order chi connectivity index (χ1) is 9.72. The van der Waals surface area contributed by atoms with Gasteiger partial charge >= 0.3 is 0 Å². The van der Waals surface area contributed by atoms with Gasteiger partial charge in [-0.3, -0.25) is 0 Å². The maximum atomic E-state index is 6.16. The lowest BCUT2D eigenvalue weighted by Gasteiger charge is -2.08. The van der Waals surface area contributed by atoms with Crippen molar-refractivity contribution >= 4 is 28.4 Å². The van der Waals surface area contributed by atoms with E-state index in [2.05, 4.69) is 62.0 Å². The summed E-state index contributed by atoms with van der Waals surface area (Å²) in [6.45, 7) is 6.12. The predicted octanol–water partition coefficient (Wildman–Crippen LogP) is 6.56. The molecular weight excluding hydrogens is 264 g/mol. The molecule has 0 aliphatic heterocycles. The number of allylic oxidation sites excluding steroid dienone is 2. The Kier molecular flexibility index (Phi) is 5.43. The van der Waals surface area contributed by atoms with Crippen molar-refractivity contribution in [3.8, 4) is 0 Å². The summed E-state index contributed by atoms with van der Waals surface area (Å²) >= 11 is 6.16. The fraction of sp³-hybridized carbons (Fsp3) is 0.263. The van der Waals surface area contributed by atoms with Crippen LogP contribution < -0.4 is 0 Å². The molecule has 2 aromatic rings. The highest BCUT2D eigenvalue weighted by Gasteiger charge is 2.03. The Hall–Kier alpha value is -1.53. The van der Waals surface area contributed by atoms with Crippen molar-refractivity contribution in [3.63, 3.8) is 0 Å². The van der Waals surface area contributed by atoms with E-state index in [0.717, 1.165) is 12.0 Å². The zero-order chi connectivity index (χ0) is 14.4. The first-order valence-corrected chi connectivity index (χ1v) is 7.63. The summed E-state index contributed by atoms with van der Waals surface area (Å²) in [5.74, 6) is 0. The highest BCUT2D eigenvalue weighted by molar-refractivity contribution is 6.32. The molecule has 20 heavy (non-hydrogen) atoms. The quantitative estimate of drug-likeness (QED) is 0.416. The molecule has 0 saturated carbocycles. The van der Waals surface area contributed by atoms with Gasteiger partial charge in [0.05, 0.1) is 0 Å². The molecule has 0 saturated heterocycles. The Balaban J connectivity index is 2.35. The lowest BCUT2D eigenvalue weighted by Crippen LogP contribution is -1.86. The van der Waals surface area contributed by atoms with Gasteiger partial charge in [0.2, 0.25) is 0 Å².